The molecule has 4 heteroatoms. The molecule has 1 aromatic rings. The van der Waals surface area contributed by atoms with Gasteiger partial charge in [0, 0.05) is 17.4 Å². The van der Waals surface area contributed by atoms with Crippen molar-refractivity contribution in [2.75, 3.05) is 11.9 Å². The minimum atomic E-state index is -0.154. The average molecular weight is 324 g/mol. The molecule has 0 spiro atoms. The largest absolute Gasteiger partial charge is 0.278 e. The van der Waals surface area contributed by atoms with E-state index in [2.05, 4.69) is 29.8 Å². The second-order valence-electron chi connectivity index (χ2n) is 5.30. The van der Waals surface area contributed by atoms with Crippen LogP contribution in [-0.4, -0.2) is 28.6 Å². The quantitative estimate of drug-likeness (QED) is 0.631. The highest BCUT2D eigenvalue weighted by Gasteiger charge is 2.32. The highest BCUT2D eigenvalue weighted by atomic mass is 79.9. The summed E-state index contributed by atoms with van der Waals surface area (Å²) in [4.78, 5) is 25.9. The Balaban J connectivity index is 2.24. The molecule has 3 nitrogen and oxygen atoms in total. The number of halogens is 1. The third kappa shape index (κ3) is 2.89. The van der Waals surface area contributed by atoms with E-state index in [1.807, 2.05) is 18.2 Å². The standard InChI is InChI=1S/C15H18BrNO2/c1-10(2)12(8-16)9-17-14(18)7-11-5-3-4-6-13(11)15(17)19/h3-6,10,12H,7-9H2,1-2H3. The predicted molar refractivity (Wildman–Crippen MR) is 78.3 cm³/mol. The van der Waals surface area contributed by atoms with Crippen molar-refractivity contribution in [3.05, 3.63) is 35.4 Å². The summed E-state index contributed by atoms with van der Waals surface area (Å²) in [7, 11) is 0. The van der Waals surface area contributed by atoms with Crippen molar-refractivity contribution in [2.24, 2.45) is 11.8 Å². The Morgan fingerprint density at radius 3 is 2.58 bits per heavy atom. The molecule has 0 aromatic heterocycles. The van der Waals surface area contributed by atoms with Crippen LogP contribution in [0, 0.1) is 11.8 Å². The SMILES string of the molecule is CC(C)C(CBr)CN1C(=O)Cc2ccccc2C1=O. The van der Waals surface area contributed by atoms with Crippen LogP contribution in [0.3, 0.4) is 0 Å². The number of amides is 2. The van der Waals surface area contributed by atoms with Gasteiger partial charge in [0.25, 0.3) is 5.91 Å². The van der Waals surface area contributed by atoms with Crippen LogP contribution in [0.4, 0.5) is 0 Å². The fourth-order valence-corrected chi connectivity index (χ4v) is 3.21. The Morgan fingerprint density at radius 2 is 1.95 bits per heavy atom. The van der Waals surface area contributed by atoms with Gasteiger partial charge in [-0.25, -0.2) is 0 Å². The molecule has 102 valence electrons. The third-order valence-corrected chi connectivity index (χ3v) is 4.53. The molecule has 2 amide bonds. The molecule has 1 aromatic carbocycles. The van der Waals surface area contributed by atoms with Crippen LogP contribution in [0.15, 0.2) is 24.3 Å². The second kappa shape index (κ2) is 5.87. The van der Waals surface area contributed by atoms with E-state index in [1.54, 1.807) is 6.07 Å². The number of alkyl halides is 1. The number of imide groups is 1. The topological polar surface area (TPSA) is 37.4 Å². The van der Waals surface area contributed by atoms with Crippen LogP contribution in [0.5, 0.6) is 0 Å². The zero-order valence-corrected chi connectivity index (χ0v) is 12.8. The predicted octanol–water partition coefficient (Wildman–Crippen LogP) is 2.88. The second-order valence-corrected chi connectivity index (χ2v) is 5.95. The monoisotopic (exact) mass is 323 g/mol. The van der Waals surface area contributed by atoms with Gasteiger partial charge in [-0.3, -0.25) is 14.5 Å². The Bertz CT molecular complexity index is 499. The molecule has 0 aliphatic carbocycles. The number of hydrogen-bond donors (Lipinski definition) is 0. The minimum absolute atomic E-state index is 0.0877. The molecule has 1 atom stereocenters. The number of fused-ring (bicyclic) bond motifs is 1. The van der Waals surface area contributed by atoms with Gasteiger partial charge in [-0.1, -0.05) is 48.0 Å². The minimum Gasteiger partial charge on any atom is -0.278 e. The molecule has 0 saturated heterocycles. The summed E-state index contributed by atoms with van der Waals surface area (Å²) in [6, 6.07) is 7.36. The summed E-state index contributed by atoms with van der Waals surface area (Å²) >= 11 is 3.47. The molecular formula is C15H18BrNO2. The lowest BCUT2D eigenvalue weighted by molar-refractivity contribution is -0.129. The van der Waals surface area contributed by atoms with E-state index in [9.17, 15) is 9.59 Å². The lowest BCUT2D eigenvalue weighted by Crippen LogP contribution is -2.45. The molecule has 1 heterocycles. The van der Waals surface area contributed by atoms with Crippen molar-refractivity contribution >= 4 is 27.7 Å². The van der Waals surface area contributed by atoms with Crippen LogP contribution in [0.25, 0.3) is 0 Å². The molecular weight excluding hydrogens is 306 g/mol. The van der Waals surface area contributed by atoms with Gasteiger partial charge in [0.05, 0.1) is 6.42 Å². The number of rotatable bonds is 4. The fourth-order valence-electron chi connectivity index (χ4n) is 2.26. The molecule has 1 aliphatic rings. The third-order valence-electron chi connectivity index (χ3n) is 3.69. The van der Waals surface area contributed by atoms with Crippen molar-refractivity contribution in [3.8, 4) is 0 Å². The van der Waals surface area contributed by atoms with Crippen LogP contribution < -0.4 is 0 Å². The van der Waals surface area contributed by atoms with E-state index in [0.717, 1.165) is 10.9 Å². The fraction of sp³-hybridized carbons (Fsp3) is 0.467. The van der Waals surface area contributed by atoms with Gasteiger partial charge in [-0.2, -0.15) is 0 Å². The first kappa shape index (κ1) is 14.3. The normalized spacial score (nSPS) is 16.7. The molecule has 0 bridgehead atoms. The molecule has 1 aliphatic heterocycles. The maximum Gasteiger partial charge on any atom is 0.260 e. The Labute approximate surface area is 122 Å². The molecule has 0 radical (unpaired) electrons. The van der Waals surface area contributed by atoms with E-state index in [-0.39, 0.29) is 17.7 Å². The van der Waals surface area contributed by atoms with Crippen LogP contribution >= 0.6 is 15.9 Å². The number of nitrogens with zero attached hydrogens (tertiary/aromatic N) is 1. The van der Waals surface area contributed by atoms with E-state index in [0.29, 0.717) is 24.4 Å². The van der Waals surface area contributed by atoms with Gasteiger partial charge in [-0.05, 0) is 23.5 Å². The van der Waals surface area contributed by atoms with Gasteiger partial charge in [-0.15, -0.1) is 0 Å². The summed E-state index contributed by atoms with van der Waals surface area (Å²) in [5, 5.41) is 0.795. The first-order valence-electron chi connectivity index (χ1n) is 6.53. The highest BCUT2D eigenvalue weighted by Crippen LogP contribution is 2.23. The number of benzene rings is 1. The van der Waals surface area contributed by atoms with E-state index < -0.39 is 0 Å². The van der Waals surface area contributed by atoms with Gasteiger partial charge >= 0.3 is 0 Å². The van der Waals surface area contributed by atoms with Crippen LogP contribution in [0.2, 0.25) is 0 Å². The molecule has 0 N–H and O–H groups in total. The van der Waals surface area contributed by atoms with E-state index >= 15 is 0 Å². The zero-order chi connectivity index (χ0) is 14.0. The van der Waals surface area contributed by atoms with Crippen LogP contribution in [-0.2, 0) is 11.2 Å². The van der Waals surface area contributed by atoms with E-state index in [1.165, 1.54) is 4.90 Å². The number of carbonyl (C=O) groups excluding carboxylic acids is 2. The summed E-state index contributed by atoms with van der Waals surface area (Å²) in [5.41, 5.74) is 1.51. The molecule has 2 rings (SSSR count). The smallest absolute Gasteiger partial charge is 0.260 e. The van der Waals surface area contributed by atoms with Crippen molar-refractivity contribution in [1.29, 1.82) is 0 Å². The van der Waals surface area contributed by atoms with Crippen molar-refractivity contribution in [2.45, 2.75) is 20.3 Å². The van der Waals surface area contributed by atoms with Crippen molar-refractivity contribution < 1.29 is 9.59 Å². The lowest BCUT2D eigenvalue weighted by Gasteiger charge is -2.31. The van der Waals surface area contributed by atoms with Crippen LogP contribution in [0.1, 0.15) is 29.8 Å². The Hall–Kier alpha value is -1.16. The zero-order valence-electron chi connectivity index (χ0n) is 11.2. The van der Waals surface area contributed by atoms with Gasteiger partial charge in [0.2, 0.25) is 5.91 Å². The molecule has 19 heavy (non-hydrogen) atoms. The lowest BCUT2D eigenvalue weighted by atomic mass is 9.94. The van der Waals surface area contributed by atoms with E-state index in [4.69, 9.17) is 0 Å². The summed E-state index contributed by atoms with van der Waals surface area (Å²) in [6.07, 6.45) is 0.328. The summed E-state index contributed by atoms with van der Waals surface area (Å²) < 4.78 is 0. The highest BCUT2D eigenvalue weighted by molar-refractivity contribution is 9.09. The number of carbonyl (C=O) groups is 2. The molecule has 0 saturated carbocycles. The summed E-state index contributed by atoms with van der Waals surface area (Å²) in [5.74, 6) is 0.476. The maximum atomic E-state index is 12.4. The summed E-state index contributed by atoms with van der Waals surface area (Å²) in [6.45, 7) is 4.71. The van der Waals surface area contributed by atoms with Gasteiger partial charge < -0.3 is 0 Å². The maximum absolute atomic E-state index is 12.4. The molecule has 1 unspecified atom stereocenters. The molecule has 0 fully saturated rings. The van der Waals surface area contributed by atoms with Gasteiger partial charge in [0.1, 0.15) is 0 Å². The van der Waals surface area contributed by atoms with Crippen molar-refractivity contribution in [1.82, 2.24) is 4.90 Å². The first-order chi connectivity index (χ1) is 9.04. The Morgan fingerprint density at radius 1 is 1.26 bits per heavy atom. The number of hydrogen-bond acceptors (Lipinski definition) is 2. The first-order valence-corrected chi connectivity index (χ1v) is 7.65. The average Bonchev–Trinajstić information content (AvgIpc) is 2.38. The van der Waals surface area contributed by atoms with Crippen molar-refractivity contribution in [3.63, 3.8) is 0 Å². The Kier molecular flexibility index (Phi) is 4.40. The van der Waals surface area contributed by atoms with Gasteiger partial charge in [0.15, 0.2) is 0 Å².